The molecule has 0 amide bonds. The summed E-state index contributed by atoms with van der Waals surface area (Å²) in [6.07, 6.45) is -3.36. The summed E-state index contributed by atoms with van der Waals surface area (Å²) in [5.41, 5.74) is 6.39. The van der Waals surface area contributed by atoms with Crippen LogP contribution in [0.5, 0.6) is 5.75 Å². The number of nitrogens with one attached hydrogen (secondary N) is 2. The molecule has 18 heteroatoms. The number of benzene rings is 2. The number of carbonyl (C=O) groups excluding carboxylic acids is 1. The number of azide groups is 1. The van der Waals surface area contributed by atoms with Gasteiger partial charge in [0.25, 0.3) is 5.56 Å². The van der Waals surface area contributed by atoms with E-state index in [0.29, 0.717) is 5.39 Å². The molecule has 4 aromatic rings. The Morgan fingerprint density at radius 2 is 2.00 bits per heavy atom. The highest BCUT2D eigenvalue weighted by Crippen LogP contribution is 2.49. The van der Waals surface area contributed by atoms with Gasteiger partial charge < -0.3 is 29.2 Å². The molecular weight excluding hydrogens is 599 g/mol. The number of H-pyrrole nitrogens is 1. The van der Waals surface area contributed by atoms with Crippen LogP contribution in [0.3, 0.4) is 0 Å². The number of aliphatic hydroxyl groups excluding tert-OH is 2. The molecule has 0 bridgehead atoms. The van der Waals surface area contributed by atoms with Gasteiger partial charge in [-0.3, -0.25) is 18.7 Å². The predicted molar refractivity (Wildman–Crippen MR) is 154 cm³/mol. The van der Waals surface area contributed by atoms with Crippen LogP contribution < -0.4 is 15.2 Å². The minimum absolute atomic E-state index is 0.00627. The average molecular weight is 629 g/mol. The molecule has 4 N–H and O–H groups in total. The maximum atomic E-state index is 14.3. The topological polar surface area (TPSA) is 236 Å². The summed E-state index contributed by atoms with van der Waals surface area (Å²) in [5.74, 6) is -0.620. The van der Waals surface area contributed by atoms with E-state index >= 15 is 0 Å². The number of aromatic nitrogens is 4. The quantitative estimate of drug-likeness (QED) is 0.0617. The number of aromatic amines is 1. The molecule has 5 rings (SSSR count). The van der Waals surface area contributed by atoms with Crippen molar-refractivity contribution in [2.75, 3.05) is 6.61 Å². The maximum Gasteiger partial charge on any atom is 0.459 e. The number of carbonyl (C=O) groups is 1. The molecular formula is C26H29N8O9P. The van der Waals surface area contributed by atoms with Crippen molar-refractivity contribution in [3.8, 4) is 5.75 Å². The van der Waals surface area contributed by atoms with Crippen molar-refractivity contribution in [2.45, 2.75) is 57.1 Å². The van der Waals surface area contributed by atoms with Gasteiger partial charge in [-0.1, -0.05) is 41.5 Å². The highest BCUT2D eigenvalue weighted by Gasteiger charge is 2.56. The molecule has 0 radical (unpaired) electrons. The fourth-order valence-electron chi connectivity index (χ4n) is 4.65. The van der Waals surface area contributed by atoms with E-state index in [0.717, 1.165) is 18.0 Å². The standard InChI is InChI=1S/C26H29N8O9P/c1-14(2)41-25(38)15(3)31-44(39,43-18-10-6-8-16-7-4-5-9-17(16)18)40-11-26(32-33-27)21(36)20(35)24(42-26)34-13-30-19-22(34)28-12-29-23(19)37/h4-10,12-15,20-21,24,35-36H,11H2,1-3H3,(H,31,39)(H,28,29,37)/t15-,20+,21-,24+,26+,44?/m0/s1. The minimum atomic E-state index is -4.57. The largest absolute Gasteiger partial charge is 0.462 e. The third-order valence-electron chi connectivity index (χ3n) is 6.72. The average Bonchev–Trinajstić information content (AvgIpc) is 3.52. The van der Waals surface area contributed by atoms with Crippen LogP contribution >= 0.6 is 7.75 Å². The number of nitrogens with zero attached hydrogens (tertiary/aromatic N) is 6. The van der Waals surface area contributed by atoms with Crippen molar-refractivity contribution in [1.29, 1.82) is 0 Å². The normalized spacial score (nSPS) is 23.7. The van der Waals surface area contributed by atoms with E-state index in [4.69, 9.17) is 18.5 Å². The number of esters is 1. The van der Waals surface area contributed by atoms with Crippen molar-refractivity contribution in [3.63, 3.8) is 0 Å². The van der Waals surface area contributed by atoms with E-state index in [1.54, 1.807) is 38.1 Å². The summed E-state index contributed by atoms with van der Waals surface area (Å²) in [4.78, 5) is 37.9. The molecule has 1 unspecified atom stereocenters. The molecule has 0 spiro atoms. The molecule has 1 aliphatic heterocycles. The fourth-order valence-corrected chi connectivity index (χ4v) is 6.18. The molecule has 1 saturated heterocycles. The van der Waals surface area contributed by atoms with Gasteiger partial charge in [0.1, 0.15) is 24.0 Å². The summed E-state index contributed by atoms with van der Waals surface area (Å²) >= 11 is 0. The van der Waals surface area contributed by atoms with Crippen LogP contribution in [0.2, 0.25) is 0 Å². The second-order valence-corrected chi connectivity index (χ2v) is 11.9. The lowest BCUT2D eigenvalue weighted by Gasteiger charge is -2.30. The molecule has 1 aliphatic rings. The summed E-state index contributed by atoms with van der Waals surface area (Å²) < 4.78 is 38.1. The number of ether oxygens (including phenoxy) is 2. The van der Waals surface area contributed by atoms with Gasteiger partial charge in [0, 0.05) is 10.3 Å². The summed E-state index contributed by atoms with van der Waals surface area (Å²) in [7, 11) is -4.57. The first-order valence-corrected chi connectivity index (χ1v) is 14.9. The smallest absolute Gasteiger partial charge is 0.459 e. The van der Waals surface area contributed by atoms with Crippen LogP contribution in [0, 0.1) is 0 Å². The van der Waals surface area contributed by atoms with Gasteiger partial charge in [0.15, 0.2) is 17.4 Å². The summed E-state index contributed by atoms with van der Waals surface area (Å²) in [6, 6.07) is 10.9. The lowest BCUT2D eigenvalue weighted by molar-refractivity contribution is -0.149. The van der Waals surface area contributed by atoms with Crippen LogP contribution in [-0.2, 0) is 23.4 Å². The molecule has 6 atom stereocenters. The number of hydrogen-bond acceptors (Lipinski definition) is 12. The van der Waals surface area contributed by atoms with Crippen LogP contribution in [0.4, 0.5) is 0 Å². The van der Waals surface area contributed by atoms with E-state index < -0.39 is 62.2 Å². The lowest BCUT2D eigenvalue weighted by atomic mass is 10.1. The highest BCUT2D eigenvalue weighted by atomic mass is 31.2. The van der Waals surface area contributed by atoms with Crippen molar-refractivity contribution in [2.24, 2.45) is 5.11 Å². The van der Waals surface area contributed by atoms with Gasteiger partial charge in [0.2, 0.25) is 5.72 Å². The zero-order chi connectivity index (χ0) is 31.6. The molecule has 17 nitrogen and oxygen atoms in total. The first kappa shape index (κ1) is 31.1. The van der Waals surface area contributed by atoms with E-state index in [1.165, 1.54) is 11.5 Å². The third kappa shape index (κ3) is 6.02. The number of rotatable bonds is 11. The monoisotopic (exact) mass is 628 g/mol. The lowest BCUT2D eigenvalue weighted by Crippen LogP contribution is -2.45. The van der Waals surface area contributed by atoms with Crippen molar-refractivity contribution in [1.82, 2.24) is 24.6 Å². The summed E-state index contributed by atoms with van der Waals surface area (Å²) in [5, 5.41) is 29.4. The second-order valence-electron chi connectivity index (χ2n) is 10.2. The maximum absolute atomic E-state index is 14.3. The minimum Gasteiger partial charge on any atom is -0.462 e. The number of hydrogen-bond donors (Lipinski definition) is 4. The molecule has 1 fully saturated rings. The molecule has 44 heavy (non-hydrogen) atoms. The number of fused-ring (bicyclic) bond motifs is 2. The third-order valence-corrected chi connectivity index (χ3v) is 8.33. The van der Waals surface area contributed by atoms with Gasteiger partial charge in [-0.05, 0) is 37.8 Å². The van der Waals surface area contributed by atoms with Crippen LogP contribution in [-0.4, -0.2) is 72.4 Å². The van der Waals surface area contributed by atoms with Gasteiger partial charge in [-0.25, -0.2) is 14.5 Å². The molecule has 0 saturated carbocycles. The van der Waals surface area contributed by atoms with E-state index in [9.17, 15) is 29.9 Å². The Morgan fingerprint density at radius 1 is 1.25 bits per heavy atom. The first-order chi connectivity index (χ1) is 21.0. The Morgan fingerprint density at radius 3 is 2.75 bits per heavy atom. The van der Waals surface area contributed by atoms with E-state index in [2.05, 4.69) is 30.1 Å². The Hall–Kier alpha value is -4.34. The van der Waals surface area contributed by atoms with Gasteiger partial charge >= 0.3 is 13.7 Å². The van der Waals surface area contributed by atoms with Crippen molar-refractivity contribution >= 4 is 35.7 Å². The Bertz CT molecular complexity index is 1840. The highest BCUT2D eigenvalue weighted by molar-refractivity contribution is 7.52. The van der Waals surface area contributed by atoms with Crippen LogP contribution in [0.25, 0.3) is 32.4 Å². The first-order valence-electron chi connectivity index (χ1n) is 13.4. The molecule has 232 valence electrons. The molecule has 0 aliphatic carbocycles. The fraction of sp³-hybridized carbons (Fsp3) is 0.385. The Balaban J connectivity index is 1.48. The van der Waals surface area contributed by atoms with Gasteiger partial charge in [-0.15, -0.1) is 0 Å². The van der Waals surface area contributed by atoms with Crippen molar-refractivity contribution in [3.05, 3.63) is 75.9 Å². The van der Waals surface area contributed by atoms with Crippen LogP contribution in [0.15, 0.2) is 65.0 Å². The zero-order valence-corrected chi connectivity index (χ0v) is 24.6. The second kappa shape index (κ2) is 12.3. The Kier molecular flexibility index (Phi) is 8.72. The number of aliphatic hydroxyl groups is 2. The molecule has 2 aromatic heterocycles. The van der Waals surface area contributed by atoms with Crippen LogP contribution in [0.1, 0.15) is 27.0 Å². The van der Waals surface area contributed by atoms with Gasteiger partial charge in [-0.2, -0.15) is 5.09 Å². The molecule has 3 heterocycles. The Labute approximate surface area is 249 Å². The SMILES string of the molecule is CC(C)OC(=O)[C@H](C)NP(=O)(OC[C@@]1(N=[N+]=[N-])O[C@@H](n2cnc3c(=O)[nH]cnc32)[C@H](O)[C@@H]1O)Oc1cccc2ccccc12. The molecule has 2 aromatic carbocycles. The number of imidazole rings is 1. The summed E-state index contributed by atoms with van der Waals surface area (Å²) in [6.45, 7) is 3.75. The van der Waals surface area contributed by atoms with Crippen molar-refractivity contribution < 1.29 is 38.1 Å². The zero-order valence-electron chi connectivity index (χ0n) is 23.7. The van der Waals surface area contributed by atoms with E-state index in [1.807, 2.05) is 18.2 Å². The van der Waals surface area contributed by atoms with Gasteiger partial charge in [0.05, 0.1) is 25.4 Å². The van der Waals surface area contributed by atoms with E-state index in [-0.39, 0.29) is 16.9 Å². The predicted octanol–water partition coefficient (Wildman–Crippen LogP) is 2.66.